The van der Waals surface area contributed by atoms with Crippen molar-refractivity contribution >= 4 is 22.3 Å². The molecule has 0 fully saturated rings. The number of aromatic hydroxyl groups is 1. The summed E-state index contributed by atoms with van der Waals surface area (Å²) in [6.45, 7) is 3.46. The van der Waals surface area contributed by atoms with E-state index in [0.29, 0.717) is 16.9 Å². The van der Waals surface area contributed by atoms with E-state index in [-0.39, 0.29) is 11.5 Å². The third kappa shape index (κ3) is 1.32. The van der Waals surface area contributed by atoms with Crippen LogP contribution in [-0.4, -0.2) is 20.3 Å². The molecule has 0 aliphatic heterocycles. The molecule has 1 aromatic carbocycles. The van der Waals surface area contributed by atoms with Crippen LogP contribution in [0.2, 0.25) is 0 Å². The molecule has 90 valence electrons. The molecule has 2 heterocycles. The number of fused-ring (bicyclic) bond motifs is 3. The molecule has 4 nitrogen and oxygen atoms in total. The van der Waals surface area contributed by atoms with Crippen LogP contribution in [0.25, 0.3) is 16.6 Å². The highest BCUT2D eigenvalue weighted by Gasteiger charge is 2.14. The Bertz CT molecular complexity index is 787. The first-order valence-electron chi connectivity index (χ1n) is 5.69. The lowest BCUT2D eigenvalue weighted by atomic mass is 10.1. The Hall–Kier alpha value is -2.36. The maximum Gasteiger partial charge on any atom is 0.178 e. The number of aryl methyl sites for hydroxylation is 1. The van der Waals surface area contributed by atoms with E-state index in [9.17, 15) is 9.90 Å². The zero-order chi connectivity index (χ0) is 12.9. The van der Waals surface area contributed by atoms with Gasteiger partial charge >= 0.3 is 0 Å². The van der Waals surface area contributed by atoms with Crippen molar-refractivity contribution in [3.8, 4) is 5.75 Å². The number of pyridine rings is 1. The van der Waals surface area contributed by atoms with Crippen LogP contribution in [0.5, 0.6) is 5.75 Å². The number of carbonyl (C=O) groups is 1. The number of benzene rings is 1. The summed E-state index contributed by atoms with van der Waals surface area (Å²) in [7, 11) is 0. The number of ketones is 1. The number of hydrogen-bond donors (Lipinski definition) is 1. The third-order valence-corrected chi connectivity index (χ3v) is 3.16. The Kier molecular flexibility index (Phi) is 2.13. The van der Waals surface area contributed by atoms with Crippen LogP contribution in [0.4, 0.5) is 0 Å². The molecule has 0 spiro atoms. The highest BCUT2D eigenvalue weighted by atomic mass is 16.3. The fourth-order valence-corrected chi connectivity index (χ4v) is 2.31. The van der Waals surface area contributed by atoms with E-state index in [2.05, 4.69) is 4.98 Å². The fraction of sp³-hybridized carbons (Fsp3) is 0.143. The van der Waals surface area contributed by atoms with Crippen LogP contribution < -0.4 is 0 Å². The molecule has 3 rings (SSSR count). The first-order chi connectivity index (χ1) is 8.59. The maximum absolute atomic E-state index is 11.6. The molecule has 0 aliphatic rings. The van der Waals surface area contributed by atoms with Gasteiger partial charge in [0.1, 0.15) is 17.1 Å². The van der Waals surface area contributed by atoms with Crippen LogP contribution in [-0.2, 0) is 0 Å². The standard InChI is InChI=1S/C14H12N2O2/c1-8-6-13-15-7-11(9(2)17)16(13)14-10(8)4-3-5-12(14)18/h3-7,18H,1-2H3. The predicted octanol–water partition coefficient (Wildman–Crippen LogP) is 2.70. The number of nitrogens with zero attached hydrogens (tertiary/aromatic N) is 2. The Morgan fingerprint density at radius 2 is 2.17 bits per heavy atom. The van der Waals surface area contributed by atoms with Crippen molar-refractivity contribution in [2.75, 3.05) is 0 Å². The largest absolute Gasteiger partial charge is 0.506 e. The molecule has 1 N–H and O–H groups in total. The molecule has 0 unspecified atom stereocenters. The van der Waals surface area contributed by atoms with Gasteiger partial charge in [-0.25, -0.2) is 4.98 Å². The molecule has 0 aliphatic carbocycles. The lowest BCUT2D eigenvalue weighted by Crippen LogP contribution is -2.00. The van der Waals surface area contributed by atoms with Gasteiger partial charge in [-0.2, -0.15) is 0 Å². The lowest BCUT2D eigenvalue weighted by Gasteiger charge is -2.09. The number of rotatable bonds is 1. The first kappa shape index (κ1) is 10.8. The summed E-state index contributed by atoms with van der Waals surface area (Å²) < 4.78 is 1.71. The normalized spacial score (nSPS) is 11.2. The smallest absolute Gasteiger partial charge is 0.178 e. The minimum atomic E-state index is -0.0732. The average molecular weight is 240 g/mol. The second-order valence-electron chi connectivity index (χ2n) is 4.39. The number of aromatic nitrogens is 2. The molecular weight excluding hydrogens is 228 g/mol. The van der Waals surface area contributed by atoms with Crippen molar-refractivity contribution in [3.63, 3.8) is 0 Å². The first-order valence-corrected chi connectivity index (χ1v) is 5.69. The molecule has 0 atom stereocenters. The SMILES string of the molecule is CC(=O)c1cnc2cc(C)c3cccc(O)c3n12. The number of phenols is 1. The van der Waals surface area contributed by atoms with E-state index in [1.807, 2.05) is 19.1 Å². The van der Waals surface area contributed by atoms with Crippen molar-refractivity contribution in [3.05, 3.63) is 41.7 Å². The Balaban J connectivity index is 2.64. The Labute approximate surface area is 104 Å². The Morgan fingerprint density at radius 3 is 2.89 bits per heavy atom. The molecular formula is C14H12N2O2. The third-order valence-electron chi connectivity index (χ3n) is 3.16. The van der Waals surface area contributed by atoms with Gasteiger partial charge in [-0.05, 0) is 24.6 Å². The van der Waals surface area contributed by atoms with Crippen LogP contribution >= 0.6 is 0 Å². The van der Waals surface area contributed by atoms with Gasteiger partial charge in [0.15, 0.2) is 5.78 Å². The number of imidazole rings is 1. The number of Topliss-reactive ketones (excluding diaryl/α,β-unsaturated/α-hetero) is 1. The van der Waals surface area contributed by atoms with Crippen LogP contribution in [0.3, 0.4) is 0 Å². The van der Waals surface area contributed by atoms with Gasteiger partial charge in [-0.15, -0.1) is 0 Å². The Morgan fingerprint density at radius 1 is 1.39 bits per heavy atom. The van der Waals surface area contributed by atoms with Gasteiger partial charge < -0.3 is 5.11 Å². The fourth-order valence-electron chi connectivity index (χ4n) is 2.31. The van der Waals surface area contributed by atoms with E-state index >= 15 is 0 Å². The van der Waals surface area contributed by atoms with Gasteiger partial charge in [0.25, 0.3) is 0 Å². The van der Waals surface area contributed by atoms with Gasteiger partial charge in [0.2, 0.25) is 0 Å². The number of carbonyl (C=O) groups excluding carboxylic acids is 1. The second-order valence-corrected chi connectivity index (χ2v) is 4.39. The quantitative estimate of drug-likeness (QED) is 0.665. The molecule has 0 bridgehead atoms. The highest BCUT2D eigenvalue weighted by molar-refractivity contribution is 5.97. The topological polar surface area (TPSA) is 54.6 Å². The van der Waals surface area contributed by atoms with Crippen LogP contribution in [0.1, 0.15) is 23.0 Å². The minimum Gasteiger partial charge on any atom is -0.506 e. The predicted molar refractivity (Wildman–Crippen MR) is 69.1 cm³/mol. The summed E-state index contributed by atoms with van der Waals surface area (Å²) >= 11 is 0. The molecule has 3 aromatic rings. The van der Waals surface area contributed by atoms with Crippen molar-refractivity contribution in [1.29, 1.82) is 0 Å². The highest BCUT2D eigenvalue weighted by Crippen LogP contribution is 2.29. The summed E-state index contributed by atoms with van der Waals surface area (Å²) in [6, 6.07) is 7.24. The van der Waals surface area contributed by atoms with Gasteiger partial charge in [0.05, 0.1) is 11.7 Å². The van der Waals surface area contributed by atoms with Crippen molar-refractivity contribution in [2.45, 2.75) is 13.8 Å². The summed E-state index contributed by atoms with van der Waals surface area (Å²) in [4.78, 5) is 15.8. The lowest BCUT2D eigenvalue weighted by molar-refractivity contribution is 0.101. The van der Waals surface area contributed by atoms with Gasteiger partial charge in [0, 0.05) is 12.3 Å². The summed E-state index contributed by atoms with van der Waals surface area (Å²) in [5.74, 6) is 0.0811. The summed E-state index contributed by atoms with van der Waals surface area (Å²) in [5.41, 5.74) is 2.81. The number of para-hydroxylation sites is 1. The average Bonchev–Trinajstić information content (AvgIpc) is 2.73. The van der Waals surface area contributed by atoms with Crippen LogP contribution in [0, 0.1) is 6.92 Å². The van der Waals surface area contributed by atoms with Gasteiger partial charge in [-0.1, -0.05) is 12.1 Å². The molecule has 18 heavy (non-hydrogen) atoms. The molecule has 0 radical (unpaired) electrons. The minimum absolute atomic E-state index is 0.0732. The van der Waals surface area contributed by atoms with E-state index < -0.39 is 0 Å². The molecule has 0 amide bonds. The monoisotopic (exact) mass is 240 g/mol. The van der Waals surface area contributed by atoms with Crippen molar-refractivity contribution in [2.24, 2.45) is 0 Å². The second kappa shape index (κ2) is 3.57. The zero-order valence-corrected chi connectivity index (χ0v) is 10.1. The molecule has 0 saturated heterocycles. The van der Waals surface area contributed by atoms with Crippen molar-refractivity contribution in [1.82, 2.24) is 9.38 Å². The van der Waals surface area contributed by atoms with Crippen LogP contribution in [0.15, 0.2) is 30.5 Å². The number of phenolic OH excluding ortho intramolecular Hbond substituents is 1. The van der Waals surface area contributed by atoms with Crippen molar-refractivity contribution < 1.29 is 9.90 Å². The molecule has 0 saturated carbocycles. The van der Waals surface area contributed by atoms with E-state index in [1.54, 1.807) is 22.7 Å². The summed E-state index contributed by atoms with van der Waals surface area (Å²) in [6.07, 6.45) is 1.54. The van der Waals surface area contributed by atoms with E-state index in [4.69, 9.17) is 0 Å². The molecule has 2 aromatic heterocycles. The van der Waals surface area contributed by atoms with E-state index in [1.165, 1.54) is 6.92 Å². The maximum atomic E-state index is 11.6. The zero-order valence-electron chi connectivity index (χ0n) is 10.1. The molecule has 4 heteroatoms. The number of hydrogen-bond acceptors (Lipinski definition) is 3. The van der Waals surface area contributed by atoms with Gasteiger partial charge in [-0.3, -0.25) is 9.20 Å². The van der Waals surface area contributed by atoms with E-state index in [0.717, 1.165) is 10.9 Å². The summed E-state index contributed by atoms with van der Waals surface area (Å²) in [5, 5.41) is 11.0.